The molecular formula is C20H27N7O. The number of fused-ring (bicyclic) bond motifs is 1. The minimum Gasteiger partial charge on any atom is -0.337 e. The minimum atomic E-state index is -0.0269. The van der Waals surface area contributed by atoms with E-state index < -0.39 is 0 Å². The van der Waals surface area contributed by atoms with Crippen molar-refractivity contribution in [3.05, 3.63) is 48.4 Å². The van der Waals surface area contributed by atoms with Crippen LogP contribution < -0.4 is 0 Å². The standard InChI is InChI=1S/C20H27N7O/c1-24(2)9-5-11-25-13-8-22-19(25)16-6-3-10-26(15-16)20(28)17-14-18-21-7-4-12-27(18)23-17/h4,7-8,12-14,16H,3,5-6,9-11,15H2,1-2H3. The van der Waals surface area contributed by atoms with E-state index in [4.69, 9.17) is 0 Å². The molecule has 8 nitrogen and oxygen atoms in total. The maximum absolute atomic E-state index is 13.0. The fourth-order valence-corrected chi connectivity index (χ4v) is 3.90. The number of rotatable bonds is 6. The zero-order valence-electron chi connectivity index (χ0n) is 16.5. The van der Waals surface area contributed by atoms with E-state index in [9.17, 15) is 4.79 Å². The van der Waals surface area contributed by atoms with Crippen LogP contribution >= 0.6 is 0 Å². The Morgan fingerprint density at radius 2 is 2.14 bits per heavy atom. The Kier molecular flexibility index (Phi) is 5.38. The minimum absolute atomic E-state index is 0.0269. The van der Waals surface area contributed by atoms with Crippen molar-refractivity contribution in [2.75, 3.05) is 33.7 Å². The van der Waals surface area contributed by atoms with Gasteiger partial charge in [0, 0.05) is 56.4 Å². The number of hydrogen-bond acceptors (Lipinski definition) is 5. The smallest absolute Gasteiger partial charge is 0.274 e. The van der Waals surface area contributed by atoms with Gasteiger partial charge in [0.2, 0.25) is 0 Å². The summed E-state index contributed by atoms with van der Waals surface area (Å²) in [5.41, 5.74) is 1.14. The molecule has 1 unspecified atom stereocenters. The molecule has 0 aliphatic carbocycles. The average molecular weight is 381 g/mol. The molecule has 4 rings (SSSR count). The Morgan fingerprint density at radius 1 is 1.25 bits per heavy atom. The van der Waals surface area contributed by atoms with E-state index in [0.29, 0.717) is 17.9 Å². The summed E-state index contributed by atoms with van der Waals surface area (Å²) in [4.78, 5) is 26.0. The molecule has 8 heteroatoms. The first-order chi connectivity index (χ1) is 13.6. The molecule has 3 aromatic heterocycles. The van der Waals surface area contributed by atoms with Crippen LogP contribution in [-0.2, 0) is 6.54 Å². The maximum Gasteiger partial charge on any atom is 0.274 e. The highest BCUT2D eigenvalue weighted by Crippen LogP contribution is 2.27. The lowest BCUT2D eigenvalue weighted by atomic mass is 9.96. The van der Waals surface area contributed by atoms with E-state index in [2.05, 4.69) is 44.8 Å². The van der Waals surface area contributed by atoms with Gasteiger partial charge in [-0.05, 0) is 46.0 Å². The highest BCUT2D eigenvalue weighted by molar-refractivity contribution is 5.93. The Hall–Kier alpha value is -2.74. The van der Waals surface area contributed by atoms with Crippen LogP contribution in [0.4, 0.5) is 0 Å². The Bertz CT molecular complexity index is 912. The lowest BCUT2D eigenvalue weighted by molar-refractivity contribution is 0.0697. The number of carbonyl (C=O) groups excluding carboxylic acids is 1. The SMILES string of the molecule is CN(C)CCCn1ccnc1C1CCCN(C(=O)c2cc3ncccn3n2)C1. The molecule has 4 heterocycles. The summed E-state index contributed by atoms with van der Waals surface area (Å²) < 4.78 is 3.89. The Balaban J connectivity index is 1.46. The number of likely N-dealkylation sites (tertiary alicyclic amines) is 1. The number of imidazole rings is 1. The van der Waals surface area contributed by atoms with Gasteiger partial charge >= 0.3 is 0 Å². The molecule has 148 valence electrons. The molecule has 1 saturated heterocycles. The lowest BCUT2D eigenvalue weighted by Crippen LogP contribution is -2.40. The Morgan fingerprint density at radius 3 is 2.96 bits per heavy atom. The van der Waals surface area contributed by atoms with Crippen LogP contribution in [0.25, 0.3) is 5.65 Å². The summed E-state index contributed by atoms with van der Waals surface area (Å²) in [6, 6.07) is 3.56. The van der Waals surface area contributed by atoms with Gasteiger partial charge in [-0.25, -0.2) is 14.5 Å². The number of hydrogen-bond donors (Lipinski definition) is 0. The van der Waals surface area contributed by atoms with Crippen LogP contribution in [0.5, 0.6) is 0 Å². The van der Waals surface area contributed by atoms with Crippen LogP contribution in [0.15, 0.2) is 36.9 Å². The molecule has 0 saturated carbocycles. The zero-order valence-corrected chi connectivity index (χ0v) is 16.5. The number of aryl methyl sites for hydroxylation is 1. The molecule has 0 bridgehead atoms. The molecule has 0 spiro atoms. The highest BCUT2D eigenvalue weighted by Gasteiger charge is 2.29. The summed E-state index contributed by atoms with van der Waals surface area (Å²) >= 11 is 0. The van der Waals surface area contributed by atoms with Gasteiger partial charge in [0.25, 0.3) is 5.91 Å². The molecule has 0 aromatic carbocycles. The van der Waals surface area contributed by atoms with Crippen LogP contribution in [0.2, 0.25) is 0 Å². The van der Waals surface area contributed by atoms with Gasteiger partial charge in [0.15, 0.2) is 11.3 Å². The molecule has 3 aromatic rings. The summed E-state index contributed by atoms with van der Waals surface area (Å²) in [5, 5.41) is 4.39. The van der Waals surface area contributed by atoms with Gasteiger partial charge < -0.3 is 14.4 Å². The predicted molar refractivity (Wildman–Crippen MR) is 106 cm³/mol. The van der Waals surface area contributed by atoms with E-state index in [1.165, 1.54) is 0 Å². The van der Waals surface area contributed by atoms with E-state index in [0.717, 1.165) is 44.7 Å². The summed E-state index contributed by atoms with van der Waals surface area (Å²) in [6.07, 6.45) is 10.6. The number of carbonyl (C=O) groups is 1. The van der Waals surface area contributed by atoms with Crippen molar-refractivity contribution in [3.63, 3.8) is 0 Å². The largest absolute Gasteiger partial charge is 0.337 e. The van der Waals surface area contributed by atoms with E-state index in [1.54, 1.807) is 22.8 Å². The van der Waals surface area contributed by atoms with Gasteiger partial charge in [0.05, 0.1) is 0 Å². The number of amides is 1. The average Bonchev–Trinajstić information content (AvgIpc) is 3.34. The third-order valence-electron chi connectivity index (χ3n) is 5.28. The van der Waals surface area contributed by atoms with Gasteiger partial charge in [-0.3, -0.25) is 4.79 Å². The maximum atomic E-state index is 13.0. The van der Waals surface area contributed by atoms with Crippen molar-refractivity contribution in [3.8, 4) is 0 Å². The molecule has 1 fully saturated rings. The molecule has 1 aliphatic rings. The number of nitrogens with zero attached hydrogens (tertiary/aromatic N) is 7. The van der Waals surface area contributed by atoms with Crippen molar-refractivity contribution in [1.82, 2.24) is 33.9 Å². The highest BCUT2D eigenvalue weighted by atomic mass is 16.2. The summed E-state index contributed by atoms with van der Waals surface area (Å²) in [6.45, 7) is 3.45. The fraction of sp³-hybridized carbons (Fsp3) is 0.500. The van der Waals surface area contributed by atoms with Crippen molar-refractivity contribution < 1.29 is 4.79 Å². The predicted octanol–water partition coefficient (Wildman–Crippen LogP) is 1.90. The quantitative estimate of drug-likeness (QED) is 0.652. The van der Waals surface area contributed by atoms with E-state index >= 15 is 0 Å². The third-order valence-corrected chi connectivity index (χ3v) is 5.28. The van der Waals surface area contributed by atoms with Crippen LogP contribution in [-0.4, -0.2) is 73.6 Å². The topological polar surface area (TPSA) is 71.6 Å². The number of aromatic nitrogens is 5. The molecule has 1 amide bonds. The second-order valence-electron chi connectivity index (χ2n) is 7.68. The van der Waals surface area contributed by atoms with Crippen molar-refractivity contribution in [2.24, 2.45) is 0 Å². The normalized spacial score (nSPS) is 17.5. The lowest BCUT2D eigenvalue weighted by Gasteiger charge is -2.32. The zero-order chi connectivity index (χ0) is 19.5. The van der Waals surface area contributed by atoms with Crippen LogP contribution in [0, 0.1) is 0 Å². The molecule has 0 N–H and O–H groups in total. The van der Waals surface area contributed by atoms with Gasteiger partial charge in [-0.1, -0.05) is 0 Å². The van der Waals surface area contributed by atoms with Gasteiger partial charge in [-0.15, -0.1) is 0 Å². The number of piperidine rings is 1. The first kappa shape index (κ1) is 18.6. The van der Waals surface area contributed by atoms with Crippen molar-refractivity contribution in [1.29, 1.82) is 0 Å². The molecule has 1 aliphatic heterocycles. The van der Waals surface area contributed by atoms with E-state index in [-0.39, 0.29) is 11.8 Å². The summed E-state index contributed by atoms with van der Waals surface area (Å²) in [5.74, 6) is 1.33. The van der Waals surface area contributed by atoms with Crippen molar-refractivity contribution >= 4 is 11.6 Å². The van der Waals surface area contributed by atoms with E-state index in [1.807, 2.05) is 17.3 Å². The monoisotopic (exact) mass is 381 g/mol. The first-order valence-electron chi connectivity index (χ1n) is 9.87. The van der Waals surface area contributed by atoms with Gasteiger partial charge in [-0.2, -0.15) is 5.10 Å². The first-order valence-corrected chi connectivity index (χ1v) is 9.87. The van der Waals surface area contributed by atoms with Gasteiger partial charge in [0.1, 0.15) is 5.82 Å². The molecule has 0 radical (unpaired) electrons. The van der Waals surface area contributed by atoms with Crippen LogP contribution in [0.1, 0.15) is 41.5 Å². The summed E-state index contributed by atoms with van der Waals surface area (Å²) in [7, 11) is 4.18. The molecule has 1 atom stereocenters. The van der Waals surface area contributed by atoms with Crippen LogP contribution in [0.3, 0.4) is 0 Å². The Labute approximate surface area is 164 Å². The second-order valence-corrected chi connectivity index (χ2v) is 7.68. The molecule has 28 heavy (non-hydrogen) atoms. The third kappa shape index (κ3) is 3.91. The molecular weight excluding hydrogens is 354 g/mol. The van der Waals surface area contributed by atoms with Crippen molar-refractivity contribution in [2.45, 2.75) is 31.7 Å². The fourth-order valence-electron chi connectivity index (χ4n) is 3.90. The second kappa shape index (κ2) is 8.10.